The highest BCUT2D eigenvalue weighted by Gasteiger charge is 2.38. The van der Waals surface area contributed by atoms with Crippen LogP contribution in [0.15, 0.2) is 41.8 Å². The summed E-state index contributed by atoms with van der Waals surface area (Å²) in [6.07, 6.45) is 3.39. The maximum absolute atomic E-state index is 12.9. The normalized spacial score (nSPS) is 23.1. The molecule has 1 spiro atoms. The zero-order valence-electron chi connectivity index (χ0n) is 17.1. The van der Waals surface area contributed by atoms with Crippen molar-refractivity contribution >= 4 is 17.2 Å². The second-order valence-corrected chi connectivity index (χ2v) is 9.11. The van der Waals surface area contributed by atoms with Crippen molar-refractivity contribution in [2.45, 2.75) is 37.8 Å². The van der Waals surface area contributed by atoms with Crippen LogP contribution in [0, 0.1) is 0 Å². The first kappa shape index (κ1) is 20.4. The number of nitrogens with zero attached hydrogens (tertiary/aromatic N) is 2. The van der Waals surface area contributed by atoms with Crippen LogP contribution in [0.2, 0.25) is 0 Å². The van der Waals surface area contributed by atoms with Gasteiger partial charge in [-0.3, -0.25) is 9.69 Å². The first-order chi connectivity index (χ1) is 14.2. The number of rotatable bonds is 5. The zero-order chi connectivity index (χ0) is 20.1. The molecule has 0 saturated carbocycles. The van der Waals surface area contributed by atoms with Crippen molar-refractivity contribution in [3.8, 4) is 5.75 Å². The molecule has 1 aromatic heterocycles. The monoisotopic (exact) mass is 414 g/mol. The SMILES string of the molecule is COc1ccc(CC(=O)N2CCC[C@]3(CC2)CN(Cc2cccs2)CCO3)cc1. The highest BCUT2D eigenvalue weighted by Crippen LogP contribution is 2.31. The number of carbonyl (C=O) groups excluding carboxylic acids is 1. The smallest absolute Gasteiger partial charge is 0.226 e. The Bertz CT molecular complexity index is 793. The van der Waals surface area contributed by atoms with Crippen molar-refractivity contribution in [2.75, 3.05) is 39.9 Å². The second kappa shape index (κ2) is 9.28. The third kappa shape index (κ3) is 5.18. The van der Waals surface area contributed by atoms with Gasteiger partial charge in [0.2, 0.25) is 5.91 Å². The topological polar surface area (TPSA) is 42.0 Å². The number of likely N-dealkylation sites (tertiary alicyclic amines) is 1. The lowest BCUT2D eigenvalue weighted by molar-refractivity contribution is -0.132. The molecule has 2 aliphatic rings. The number of hydrogen-bond donors (Lipinski definition) is 0. The number of benzene rings is 1. The molecule has 0 N–H and O–H groups in total. The summed E-state index contributed by atoms with van der Waals surface area (Å²) in [5.41, 5.74) is 0.927. The van der Waals surface area contributed by atoms with Crippen LogP contribution in [0.25, 0.3) is 0 Å². The standard InChI is InChI=1S/C23H30N2O3S/c1-27-20-7-5-19(6-8-20)16-22(26)25-11-3-9-23(10-12-25)18-24(13-14-28-23)17-21-4-2-15-29-21/h2,4-8,15H,3,9-14,16-18H2,1H3/t23-/m0/s1. The molecular weight excluding hydrogens is 384 g/mol. The number of carbonyl (C=O) groups is 1. The summed E-state index contributed by atoms with van der Waals surface area (Å²) in [5.74, 6) is 1.03. The van der Waals surface area contributed by atoms with Gasteiger partial charge in [-0.1, -0.05) is 18.2 Å². The van der Waals surface area contributed by atoms with E-state index in [-0.39, 0.29) is 11.5 Å². The Kier molecular flexibility index (Phi) is 6.53. The molecule has 0 bridgehead atoms. The van der Waals surface area contributed by atoms with Gasteiger partial charge in [0.1, 0.15) is 5.75 Å². The Labute approximate surface area is 177 Å². The van der Waals surface area contributed by atoms with Crippen molar-refractivity contribution in [2.24, 2.45) is 0 Å². The molecule has 1 amide bonds. The average Bonchev–Trinajstić information content (AvgIpc) is 3.16. The molecule has 3 heterocycles. The van der Waals surface area contributed by atoms with Crippen LogP contribution < -0.4 is 4.74 Å². The number of morpholine rings is 1. The van der Waals surface area contributed by atoms with Crippen molar-refractivity contribution in [1.29, 1.82) is 0 Å². The zero-order valence-corrected chi connectivity index (χ0v) is 18.0. The highest BCUT2D eigenvalue weighted by atomic mass is 32.1. The van der Waals surface area contributed by atoms with Crippen LogP contribution in [-0.4, -0.2) is 61.2 Å². The summed E-state index contributed by atoms with van der Waals surface area (Å²) in [4.78, 5) is 18.8. The van der Waals surface area contributed by atoms with E-state index < -0.39 is 0 Å². The largest absolute Gasteiger partial charge is 0.497 e. The van der Waals surface area contributed by atoms with E-state index in [0.717, 1.165) is 69.9 Å². The molecule has 5 nitrogen and oxygen atoms in total. The number of ether oxygens (including phenoxy) is 2. The number of thiophene rings is 1. The number of amides is 1. The van der Waals surface area contributed by atoms with Gasteiger partial charge in [-0.2, -0.15) is 0 Å². The van der Waals surface area contributed by atoms with E-state index in [1.165, 1.54) is 4.88 Å². The molecule has 4 rings (SSSR count). The van der Waals surface area contributed by atoms with Crippen molar-refractivity contribution in [3.05, 3.63) is 52.2 Å². The lowest BCUT2D eigenvalue weighted by atomic mass is 9.92. The predicted octanol–water partition coefficient (Wildman–Crippen LogP) is 3.58. The van der Waals surface area contributed by atoms with E-state index in [4.69, 9.17) is 9.47 Å². The van der Waals surface area contributed by atoms with Gasteiger partial charge in [0, 0.05) is 37.6 Å². The van der Waals surface area contributed by atoms with Crippen LogP contribution in [0.1, 0.15) is 29.7 Å². The van der Waals surface area contributed by atoms with E-state index in [2.05, 4.69) is 22.4 Å². The molecular formula is C23H30N2O3S. The second-order valence-electron chi connectivity index (χ2n) is 8.08. The Morgan fingerprint density at radius 3 is 2.79 bits per heavy atom. The average molecular weight is 415 g/mol. The minimum absolute atomic E-state index is 0.106. The fourth-order valence-electron chi connectivity index (χ4n) is 4.43. The summed E-state index contributed by atoms with van der Waals surface area (Å²) in [5, 5.41) is 2.14. The lowest BCUT2D eigenvalue weighted by Crippen LogP contribution is -2.51. The van der Waals surface area contributed by atoms with Gasteiger partial charge in [0.25, 0.3) is 0 Å². The molecule has 1 atom stereocenters. The van der Waals surface area contributed by atoms with Crippen LogP contribution in [0.5, 0.6) is 5.75 Å². The molecule has 2 saturated heterocycles. The Morgan fingerprint density at radius 2 is 2.03 bits per heavy atom. The Morgan fingerprint density at radius 1 is 1.17 bits per heavy atom. The quantitative estimate of drug-likeness (QED) is 0.750. The summed E-state index contributed by atoms with van der Waals surface area (Å²) in [6, 6.07) is 12.1. The van der Waals surface area contributed by atoms with Gasteiger partial charge >= 0.3 is 0 Å². The fraction of sp³-hybridized carbons (Fsp3) is 0.522. The van der Waals surface area contributed by atoms with Gasteiger partial charge in [-0.15, -0.1) is 11.3 Å². The molecule has 156 valence electrons. The summed E-state index contributed by atoms with van der Waals surface area (Å²) in [6.45, 7) is 5.34. The van der Waals surface area contributed by atoms with E-state index >= 15 is 0 Å². The molecule has 0 radical (unpaired) electrons. The number of hydrogen-bond acceptors (Lipinski definition) is 5. The maximum Gasteiger partial charge on any atom is 0.226 e. The summed E-state index contributed by atoms with van der Waals surface area (Å²) in [7, 11) is 1.65. The van der Waals surface area contributed by atoms with Crippen molar-refractivity contribution in [3.63, 3.8) is 0 Å². The van der Waals surface area contributed by atoms with E-state index in [1.54, 1.807) is 7.11 Å². The van der Waals surface area contributed by atoms with Gasteiger partial charge in [-0.05, 0) is 48.4 Å². The van der Waals surface area contributed by atoms with Gasteiger partial charge in [-0.25, -0.2) is 0 Å². The summed E-state index contributed by atoms with van der Waals surface area (Å²) >= 11 is 1.82. The van der Waals surface area contributed by atoms with Crippen LogP contribution in [0.4, 0.5) is 0 Å². The van der Waals surface area contributed by atoms with Crippen molar-refractivity contribution in [1.82, 2.24) is 9.80 Å². The first-order valence-electron chi connectivity index (χ1n) is 10.5. The Balaban J connectivity index is 1.33. The highest BCUT2D eigenvalue weighted by molar-refractivity contribution is 7.09. The molecule has 0 aliphatic carbocycles. The van der Waals surface area contributed by atoms with Crippen LogP contribution in [-0.2, 0) is 22.5 Å². The van der Waals surface area contributed by atoms with E-state index in [1.807, 2.05) is 40.5 Å². The first-order valence-corrected chi connectivity index (χ1v) is 11.3. The van der Waals surface area contributed by atoms with Gasteiger partial charge in [0.15, 0.2) is 0 Å². The molecule has 2 aromatic rings. The number of methoxy groups -OCH3 is 1. The van der Waals surface area contributed by atoms with Crippen LogP contribution in [0.3, 0.4) is 0 Å². The van der Waals surface area contributed by atoms with E-state index in [0.29, 0.717) is 6.42 Å². The molecule has 0 unspecified atom stereocenters. The Hall–Kier alpha value is -1.89. The van der Waals surface area contributed by atoms with Gasteiger partial charge < -0.3 is 14.4 Å². The molecule has 2 fully saturated rings. The maximum atomic E-state index is 12.9. The minimum atomic E-state index is -0.106. The minimum Gasteiger partial charge on any atom is -0.497 e. The third-order valence-electron chi connectivity index (χ3n) is 6.05. The predicted molar refractivity (Wildman–Crippen MR) is 115 cm³/mol. The summed E-state index contributed by atoms with van der Waals surface area (Å²) < 4.78 is 11.5. The van der Waals surface area contributed by atoms with Gasteiger partial charge in [0.05, 0.1) is 25.7 Å². The lowest BCUT2D eigenvalue weighted by Gasteiger charge is -2.42. The molecule has 29 heavy (non-hydrogen) atoms. The van der Waals surface area contributed by atoms with Crippen molar-refractivity contribution < 1.29 is 14.3 Å². The molecule has 2 aliphatic heterocycles. The molecule has 6 heteroatoms. The van der Waals surface area contributed by atoms with Crippen LogP contribution >= 0.6 is 11.3 Å². The third-order valence-corrected chi connectivity index (χ3v) is 6.91. The fourth-order valence-corrected chi connectivity index (χ4v) is 5.18. The molecule has 1 aromatic carbocycles. The van der Waals surface area contributed by atoms with E-state index in [9.17, 15) is 4.79 Å².